The van der Waals surface area contributed by atoms with Crippen molar-refractivity contribution in [3.05, 3.63) is 91.0 Å². The highest BCUT2D eigenvalue weighted by molar-refractivity contribution is 5.78. The zero-order valence-corrected chi connectivity index (χ0v) is 17.3. The molecule has 0 saturated heterocycles. The number of hydrazine groups is 1. The molecule has 162 valence electrons. The molecule has 0 radical (unpaired) electrons. The second-order valence-corrected chi connectivity index (χ2v) is 6.77. The van der Waals surface area contributed by atoms with E-state index >= 15 is 0 Å². The van der Waals surface area contributed by atoms with Crippen LogP contribution in [0.3, 0.4) is 0 Å². The van der Waals surface area contributed by atoms with E-state index in [9.17, 15) is 4.79 Å². The summed E-state index contributed by atoms with van der Waals surface area (Å²) in [6.45, 7) is 0.532. The van der Waals surface area contributed by atoms with Gasteiger partial charge in [-0.3, -0.25) is 20.2 Å². The second-order valence-electron chi connectivity index (χ2n) is 6.77. The normalized spacial score (nSPS) is 10.5. The van der Waals surface area contributed by atoms with Gasteiger partial charge in [-0.05, 0) is 24.3 Å². The minimum Gasteiger partial charge on any atom is -0.491 e. The highest BCUT2D eigenvalue weighted by Gasteiger charge is 2.16. The number of anilines is 1. The van der Waals surface area contributed by atoms with Crippen LogP contribution >= 0.6 is 0 Å². The van der Waals surface area contributed by atoms with Crippen molar-refractivity contribution >= 4 is 11.9 Å². The predicted octanol–water partition coefficient (Wildman–Crippen LogP) is 3.47. The van der Waals surface area contributed by atoms with E-state index in [1.807, 2.05) is 95.6 Å². The Labute approximate surface area is 185 Å². The number of carbonyl (C=O) groups excluding carboxylic acids is 1. The Bertz CT molecular complexity index is 1120. The quantitative estimate of drug-likeness (QED) is 0.296. The third-order valence-electron chi connectivity index (χ3n) is 4.50. The number of para-hydroxylation sites is 2. The molecule has 0 atom stereocenters. The molecule has 0 unspecified atom stereocenters. The lowest BCUT2D eigenvalue weighted by molar-refractivity contribution is -0.125. The zero-order valence-electron chi connectivity index (χ0n) is 17.3. The third-order valence-corrected chi connectivity index (χ3v) is 4.50. The number of nitrogens with one attached hydrogen (secondary N) is 2. The fourth-order valence-corrected chi connectivity index (χ4v) is 3.02. The first-order valence-corrected chi connectivity index (χ1v) is 10.2. The summed E-state index contributed by atoms with van der Waals surface area (Å²) in [4.78, 5) is 12.2. The molecule has 2 N–H and O–H groups in total. The Morgan fingerprint density at radius 1 is 0.812 bits per heavy atom. The summed E-state index contributed by atoms with van der Waals surface area (Å²) in [5, 5.41) is 8.52. The summed E-state index contributed by atoms with van der Waals surface area (Å²) < 4.78 is 12.7. The van der Waals surface area contributed by atoms with Gasteiger partial charge in [0.05, 0.1) is 12.3 Å². The van der Waals surface area contributed by atoms with Crippen molar-refractivity contribution < 1.29 is 14.3 Å². The molecule has 1 aromatic heterocycles. The number of nitrogens with zero attached hydrogens (tertiary/aromatic N) is 3. The first-order valence-electron chi connectivity index (χ1n) is 10.2. The number of hydrogen-bond donors (Lipinski definition) is 2. The van der Waals surface area contributed by atoms with Crippen molar-refractivity contribution in [2.75, 3.05) is 25.2 Å². The van der Waals surface area contributed by atoms with E-state index in [4.69, 9.17) is 9.47 Å². The van der Waals surface area contributed by atoms with Crippen LogP contribution < -0.4 is 15.6 Å². The number of benzene rings is 3. The van der Waals surface area contributed by atoms with Gasteiger partial charge >= 0.3 is 0 Å². The molecular formula is C24H23N5O3. The first-order chi connectivity index (χ1) is 15.8. The summed E-state index contributed by atoms with van der Waals surface area (Å²) in [5.74, 6) is 1.46. The Morgan fingerprint density at radius 3 is 2.19 bits per heavy atom. The van der Waals surface area contributed by atoms with E-state index in [1.165, 1.54) is 0 Å². The van der Waals surface area contributed by atoms with Crippen LogP contribution in [0.4, 0.5) is 5.95 Å². The van der Waals surface area contributed by atoms with Gasteiger partial charge in [-0.15, -0.1) is 10.2 Å². The maximum absolute atomic E-state index is 12.2. The molecule has 0 bridgehead atoms. The fraction of sp³-hybridized carbons (Fsp3) is 0.125. The average molecular weight is 429 g/mol. The number of ether oxygens (including phenoxy) is 2. The molecule has 0 aliphatic heterocycles. The topological polar surface area (TPSA) is 90.3 Å². The van der Waals surface area contributed by atoms with Crippen molar-refractivity contribution in [3.63, 3.8) is 0 Å². The summed E-state index contributed by atoms with van der Waals surface area (Å²) in [6.07, 6.45) is 0. The van der Waals surface area contributed by atoms with Crippen LogP contribution in [0.1, 0.15) is 0 Å². The molecule has 0 aliphatic rings. The second kappa shape index (κ2) is 10.7. The first kappa shape index (κ1) is 21.1. The Hall–Kier alpha value is -4.17. The van der Waals surface area contributed by atoms with Gasteiger partial charge in [0.25, 0.3) is 5.91 Å². The molecule has 1 heterocycles. The Kier molecular flexibility index (Phi) is 7.07. The van der Waals surface area contributed by atoms with Gasteiger partial charge in [-0.2, -0.15) is 0 Å². The minimum atomic E-state index is -0.339. The summed E-state index contributed by atoms with van der Waals surface area (Å²) in [7, 11) is 0. The maximum atomic E-state index is 12.2. The van der Waals surface area contributed by atoms with Crippen molar-refractivity contribution in [2.24, 2.45) is 0 Å². The van der Waals surface area contributed by atoms with E-state index in [1.54, 1.807) is 0 Å². The zero-order chi connectivity index (χ0) is 22.0. The van der Waals surface area contributed by atoms with Crippen molar-refractivity contribution in [1.82, 2.24) is 20.2 Å². The number of rotatable bonds is 10. The number of amides is 1. The third kappa shape index (κ3) is 5.50. The molecule has 0 saturated carbocycles. The smallest absolute Gasteiger partial charge is 0.264 e. The maximum Gasteiger partial charge on any atom is 0.264 e. The lowest BCUT2D eigenvalue weighted by Crippen LogP contribution is -2.34. The highest BCUT2D eigenvalue weighted by atomic mass is 16.5. The Balaban J connectivity index is 1.34. The van der Waals surface area contributed by atoms with Gasteiger partial charge in [0.2, 0.25) is 5.95 Å². The number of aromatic nitrogens is 3. The van der Waals surface area contributed by atoms with Crippen LogP contribution in [0.15, 0.2) is 91.0 Å². The lowest BCUT2D eigenvalue weighted by Gasteiger charge is -2.12. The summed E-state index contributed by atoms with van der Waals surface area (Å²) in [6, 6.07) is 28.8. The molecule has 32 heavy (non-hydrogen) atoms. The van der Waals surface area contributed by atoms with E-state index in [2.05, 4.69) is 21.0 Å². The van der Waals surface area contributed by atoms with E-state index in [0.717, 1.165) is 17.0 Å². The largest absolute Gasteiger partial charge is 0.491 e. The van der Waals surface area contributed by atoms with Gasteiger partial charge in [-0.25, -0.2) is 0 Å². The summed E-state index contributed by atoms with van der Waals surface area (Å²) in [5.41, 5.74) is 7.22. The van der Waals surface area contributed by atoms with E-state index in [0.29, 0.717) is 25.0 Å². The van der Waals surface area contributed by atoms with Gasteiger partial charge in [0, 0.05) is 5.56 Å². The Morgan fingerprint density at radius 2 is 1.47 bits per heavy atom. The highest BCUT2D eigenvalue weighted by Crippen LogP contribution is 2.24. The molecule has 0 spiro atoms. The van der Waals surface area contributed by atoms with Crippen LogP contribution in [0.2, 0.25) is 0 Å². The molecule has 8 nitrogen and oxygen atoms in total. The van der Waals surface area contributed by atoms with Gasteiger partial charge < -0.3 is 9.47 Å². The van der Waals surface area contributed by atoms with Crippen LogP contribution in [0.5, 0.6) is 5.75 Å². The minimum absolute atomic E-state index is 0.115. The van der Waals surface area contributed by atoms with E-state index in [-0.39, 0.29) is 12.5 Å². The fourth-order valence-electron chi connectivity index (χ4n) is 3.02. The van der Waals surface area contributed by atoms with Crippen LogP contribution in [0, 0.1) is 0 Å². The SMILES string of the molecule is O=C(COCCOc1ccccc1)NNc1nnc(-c2ccccc2)n1-c1ccccc1. The monoisotopic (exact) mass is 429 g/mol. The van der Waals surface area contributed by atoms with Crippen LogP contribution in [-0.2, 0) is 9.53 Å². The van der Waals surface area contributed by atoms with Gasteiger partial charge in [0.15, 0.2) is 5.82 Å². The number of hydrogen-bond acceptors (Lipinski definition) is 6. The van der Waals surface area contributed by atoms with Crippen LogP contribution in [-0.4, -0.2) is 40.5 Å². The molecule has 0 fully saturated rings. The molecule has 0 aliphatic carbocycles. The summed E-state index contributed by atoms with van der Waals surface area (Å²) >= 11 is 0. The lowest BCUT2D eigenvalue weighted by atomic mass is 10.2. The van der Waals surface area contributed by atoms with Crippen molar-refractivity contribution in [1.29, 1.82) is 0 Å². The average Bonchev–Trinajstić information content (AvgIpc) is 3.28. The van der Waals surface area contributed by atoms with Crippen molar-refractivity contribution in [3.8, 4) is 22.8 Å². The number of carbonyl (C=O) groups is 1. The molecule has 4 rings (SSSR count). The van der Waals surface area contributed by atoms with Gasteiger partial charge in [-0.1, -0.05) is 66.7 Å². The standard InChI is InChI=1S/C24H23N5O3/c30-22(18-31-16-17-32-21-14-8-3-9-15-21)25-27-24-28-26-23(19-10-4-1-5-11-19)29(24)20-12-6-2-7-13-20/h1-15H,16-18H2,(H,25,30)(H,27,28). The van der Waals surface area contributed by atoms with Crippen LogP contribution in [0.25, 0.3) is 17.1 Å². The molecule has 1 amide bonds. The van der Waals surface area contributed by atoms with E-state index < -0.39 is 0 Å². The molecule has 4 aromatic rings. The molecule has 8 heteroatoms. The molecule has 3 aromatic carbocycles. The van der Waals surface area contributed by atoms with Crippen molar-refractivity contribution in [2.45, 2.75) is 0 Å². The molecular weight excluding hydrogens is 406 g/mol. The van der Waals surface area contributed by atoms with Gasteiger partial charge in [0.1, 0.15) is 19.0 Å². The predicted molar refractivity (Wildman–Crippen MR) is 121 cm³/mol.